The molecule has 0 saturated carbocycles. The predicted octanol–water partition coefficient (Wildman–Crippen LogP) is 5.64. The Morgan fingerprint density at radius 3 is 2.87 bits per heavy atom. The van der Waals surface area contributed by atoms with Gasteiger partial charge < -0.3 is 4.90 Å². The van der Waals surface area contributed by atoms with Crippen molar-refractivity contribution in [2.75, 3.05) is 13.6 Å². The molecule has 2 heterocycles. The van der Waals surface area contributed by atoms with Crippen molar-refractivity contribution in [2.45, 2.75) is 29.7 Å². The van der Waals surface area contributed by atoms with Crippen LogP contribution in [0.1, 0.15) is 41.3 Å². The zero-order valence-electron chi connectivity index (χ0n) is 16.8. The summed E-state index contributed by atoms with van der Waals surface area (Å²) >= 11 is 7.76. The number of rotatable bonds is 5. The zero-order valence-corrected chi connectivity index (χ0v) is 18.4. The monoisotopic (exact) mass is 436 g/mol. The third-order valence-corrected chi connectivity index (χ3v) is 6.19. The Morgan fingerprint density at radius 1 is 1.20 bits per heavy atom. The fraction of sp³-hybridized carbons (Fsp3) is 0.217. The van der Waals surface area contributed by atoms with E-state index in [4.69, 9.17) is 16.6 Å². The van der Waals surface area contributed by atoms with Crippen LogP contribution in [-0.4, -0.2) is 40.1 Å². The zero-order chi connectivity index (χ0) is 21.1. The SMILES string of the molecule is CCCCN(C)C(=O)c1ccc2c(c1)N=C(c1cccc(Cl)c1)c1cncnc1S2. The van der Waals surface area contributed by atoms with Crippen molar-refractivity contribution < 1.29 is 4.79 Å². The predicted molar refractivity (Wildman–Crippen MR) is 121 cm³/mol. The van der Waals surface area contributed by atoms with E-state index in [1.165, 1.54) is 18.1 Å². The smallest absolute Gasteiger partial charge is 0.253 e. The Bertz CT molecular complexity index is 1130. The van der Waals surface area contributed by atoms with Gasteiger partial charge in [0.1, 0.15) is 11.4 Å². The highest BCUT2D eigenvalue weighted by Gasteiger charge is 2.22. The number of halogens is 1. The Hall–Kier alpha value is -2.70. The number of amides is 1. The average molecular weight is 437 g/mol. The van der Waals surface area contributed by atoms with E-state index in [-0.39, 0.29) is 5.91 Å². The summed E-state index contributed by atoms with van der Waals surface area (Å²) in [6, 6.07) is 13.2. The summed E-state index contributed by atoms with van der Waals surface area (Å²) in [6.07, 6.45) is 5.33. The van der Waals surface area contributed by atoms with Gasteiger partial charge in [-0.25, -0.2) is 15.0 Å². The molecule has 0 saturated heterocycles. The van der Waals surface area contributed by atoms with E-state index in [0.717, 1.165) is 51.8 Å². The second kappa shape index (κ2) is 8.98. The molecule has 2 aromatic carbocycles. The topological polar surface area (TPSA) is 58.5 Å². The molecule has 0 atom stereocenters. The summed E-state index contributed by atoms with van der Waals surface area (Å²) in [5.41, 5.74) is 3.82. The third kappa shape index (κ3) is 4.25. The van der Waals surface area contributed by atoms with E-state index in [2.05, 4.69) is 16.9 Å². The molecule has 152 valence electrons. The van der Waals surface area contributed by atoms with Gasteiger partial charge in [0.25, 0.3) is 5.91 Å². The number of hydrogen-bond donors (Lipinski definition) is 0. The van der Waals surface area contributed by atoms with Crippen molar-refractivity contribution in [1.29, 1.82) is 0 Å². The van der Waals surface area contributed by atoms with Crippen molar-refractivity contribution in [3.63, 3.8) is 0 Å². The van der Waals surface area contributed by atoms with Crippen molar-refractivity contribution in [2.24, 2.45) is 4.99 Å². The van der Waals surface area contributed by atoms with Gasteiger partial charge in [-0.2, -0.15) is 0 Å². The lowest BCUT2D eigenvalue weighted by Crippen LogP contribution is -2.27. The van der Waals surface area contributed by atoms with Crippen LogP contribution in [0, 0.1) is 0 Å². The van der Waals surface area contributed by atoms with E-state index in [1.807, 2.05) is 49.5 Å². The van der Waals surface area contributed by atoms with Gasteiger partial charge in [0.2, 0.25) is 0 Å². The quantitative estimate of drug-likeness (QED) is 0.380. The summed E-state index contributed by atoms with van der Waals surface area (Å²) < 4.78 is 0. The number of nitrogens with zero attached hydrogens (tertiary/aromatic N) is 4. The molecule has 1 aromatic heterocycles. The van der Waals surface area contributed by atoms with Crippen LogP contribution in [0.2, 0.25) is 5.02 Å². The maximum Gasteiger partial charge on any atom is 0.253 e. The molecule has 4 rings (SSSR count). The first kappa shape index (κ1) is 20.6. The van der Waals surface area contributed by atoms with Gasteiger partial charge in [-0.15, -0.1) is 0 Å². The first-order valence-electron chi connectivity index (χ1n) is 9.79. The van der Waals surface area contributed by atoms with E-state index in [0.29, 0.717) is 10.6 Å². The van der Waals surface area contributed by atoms with Crippen molar-refractivity contribution in [3.8, 4) is 0 Å². The molecular formula is C23H21ClN4OS. The minimum Gasteiger partial charge on any atom is -0.342 e. The van der Waals surface area contributed by atoms with E-state index >= 15 is 0 Å². The Labute approximate surface area is 185 Å². The van der Waals surface area contributed by atoms with Gasteiger partial charge in [-0.1, -0.05) is 48.8 Å². The molecule has 7 heteroatoms. The molecule has 3 aromatic rings. The van der Waals surface area contributed by atoms with Gasteiger partial charge in [-0.3, -0.25) is 4.79 Å². The number of hydrogen-bond acceptors (Lipinski definition) is 5. The molecule has 5 nitrogen and oxygen atoms in total. The molecule has 0 spiro atoms. The number of aliphatic imine (C=N–C) groups is 1. The molecule has 0 bridgehead atoms. The molecule has 1 amide bonds. The molecule has 30 heavy (non-hydrogen) atoms. The van der Waals surface area contributed by atoms with Gasteiger partial charge >= 0.3 is 0 Å². The minimum atomic E-state index is -0.00249. The Balaban J connectivity index is 1.81. The van der Waals surface area contributed by atoms with Crippen LogP contribution >= 0.6 is 23.4 Å². The second-order valence-electron chi connectivity index (χ2n) is 7.08. The fourth-order valence-electron chi connectivity index (χ4n) is 3.24. The number of unbranched alkanes of at least 4 members (excludes halogenated alkanes) is 1. The number of fused-ring (bicyclic) bond motifs is 2. The third-order valence-electron chi connectivity index (χ3n) is 4.87. The highest BCUT2D eigenvalue weighted by Crippen LogP contribution is 2.40. The largest absolute Gasteiger partial charge is 0.342 e. The maximum absolute atomic E-state index is 12.9. The van der Waals surface area contributed by atoms with Gasteiger partial charge in [-0.05, 0) is 36.8 Å². The molecule has 0 unspecified atom stereocenters. The van der Waals surface area contributed by atoms with Crippen LogP contribution in [-0.2, 0) is 0 Å². The lowest BCUT2D eigenvalue weighted by atomic mass is 10.0. The van der Waals surface area contributed by atoms with Crippen LogP contribution in [0.4, 0.5) is 5.69 Å². The van der Waals surface area contributed by atoms with Gasteiger partial charge in [0.05, 0.1) is 17.0 Å². The summed E-state index contributed by atoms with van der Waals surface area (Å²) in [5.74, 6) is -0.00249. The summed E-state index contributed by atoms with van der Waals surface area (Å²) in [5, 5.41) is 1.45. The van der Waals surface area contributed by atoms with Crippen molar-refractivity contribution >= 4 is 40.7 Å². The highest BCUT2D eigenvalue weighted by molar-refractivity contribution is 7.99. The standard InChI is InChI=1S/C23H21ClN4OS/c1-3-4-10-28(2)23(29)16-8-9-20-19(12-16)27-21(15-6-5-7-17(24)11-15)18-13-25-14-26-22(18)30-20/h5-9,11-14H,3-4,10H2,1-2H3. The minimum absolute atomic E-state index is 0.00249. The molecule has 0 N–H and O–H groups in total. The van der Waals surface area contributed by atoms with E-state index in [9.17, 15) is 4.79 Å². The summed E-state index contributed by atoms with van der Waals surface area (Å²) in [7, 11) is 1.84. The first-order chi connectivity index (χ1) is 14.6. The first-order valence-corrected chi connectivity index (χ1v) is 11.0. The molecule has 0 radical (unpaired) electrons. The average Bonchev–Trinajstić information content (AvgIpc) is 2.93. The lowest BCUT2D eigenvalue weighted by Gasteiger charge is -2.17. The van der Waals surface area contributed by atoms with Crippen LogP contribution in [0.3, 0.4) is 0 Å². The lowest BCUT2D eigenvalue weighted by molar-refractivity contribution is 0.0793. The number of carbonyl (C=O) groups excluding carboxylic acids is 1. The number of aromatic nitrogens is 2. The van der Waals surface area contributed by atoms with Crippen LogP contribution in [0.15, 0.2) is 69.9 Å². The summed E-state index contributed by atoms with van der Waals surface area (Å²) in [6.45, 7) is 2.85. The fourth-order valence-corrected chi connectivity index (χ4v) is 4.35. The van der Waals surface area contributed by atoms with Gasteiger partial charge in [0, 0.05) is 40.8 Å². The molecular weight excluding hydrogens is 416 g/mol. The normalized spacial score (nSPS) is 12.4. The Kier molecular flexibility index (Phi) is 6.16. The van der Waals surface area contributed by atoms with Crippen LogP contribution in [0.25, 0.3) is 0 Å². The van der Waals surface area contributed by atoms with Crippen LogP contribution in [0.5, 0.6) is 0 Å². The molecule has 0 fully saturated rings. The highest BCUT2D eigenvalue weighted by atomic mass is 35.5. The van der Waals surface area contributed by atoms with Crippen molar-refractivity contribution in [1.82, 2.24) is 14.9 Å². The van der Waals surface area contributed by atoms with E-state index in [1.54, 1.807) is 11.1 Å². The molecule has 1 aliphatic heterocycles. The van der Waals surface area contributed by atoms with Crippen LogP contribution < -0.4 is 0 Å². The van der Waals surface area contributed by atoms with E-state index < -0.39 is 0 Å². The number of benzene rings is 2. The van der Waals surface area contributed by atoms with Crippen molar-refractivity contribution in [3.05, 3.63) is 76.7 Å². The Morgan fingerprint density at radius 2 is 2.07 bits per heavy atom. The molecule has 1 aliphatic rings. The maximum atomic E-state index is 12.9. The summed E-state index contributed by atoms with van der Waals surface area (Å²) in [4.78, 5) is 29.2. The second-order valence-corrected chi connectivity index (χ2v) is 8.54. The molecule has 0 aliphatic carbocycles. The van der Waals surface area contributed by atoms with Gasteiger partial charge in [0.15, 0.2) is 0 Å². The number of carbonyl (C=O) groups is 1.